The lowest BCUT2D eigenvalue weighted by molar-refractivity contribution is 0.0790. The van der Waals surface area contributed by atoms with E-state index in [1.165, 1.54) is 6.07 Å². The molecule has 1 atom stereocenters. The maximum Gasteiger partial charge on any atom is 0.260 e. The minimum absolute atomic E-state index is 0.0651. The van der Waals surface area contributed by atoms with Crippen molar-refractivity contribution in [2.24, 2.45) is 5.16 Å². The molecule has 3 aliphatic carbocycles. The summed E-state index contributed by atoms with van der Waals surface area (Å²) in [6.45, 7) is 0. The van der Waals surface area contributed by atoms with Crippen molar-refractivity contribution < 1.29 is 44.4 Å². The summed E-state index contributed by atoms with van der Waals surface area (Å²) < 4.78 is 5.19. The number of phenols is 3. The predicted molar refractivity (Wildman–Crippen MR) is 135 cm³/mol. The highest BCUT2D eigenvalue weighted by Gasteiger charge is 2.62. The lowest BCUT2D eigenvalue weighted by Crippen LogP contribution is -2.36. The first-order chi connectivity index (χ1) is 18.5. The average Bonchev–Trinajstić information content (AvgIpc) is 3.40. The molecular formula is C26H15BrN2O10. The largest absolute Gasteiger partial charge is 0.507 e. The number of H-pyrrole nitrogens is 1. The van der Waals surface area contributed by atoms with E-state index in [4.69, 9.17) is 9.94 Å². The molecule has 2 aromatic carbocycles. The molecule has 1 heterocycles. The Balaban J connectivity index is 1.67. The number of hydrogen-bond donors (Lipinski definition) is 5. The molecule has 6 rings (SSSR count). The van der Waals surface area contributed by atoms with Crippen molar-refractivity contribution in [2.75, 3.05) is 7.11 Å². The summed E-state index contributed by atoms with van der Waals surface area (Å²) in [5.41, 5.74) is -5.35. The van der Waals surface area contributed by atoms with Crippen LogP contribution < -0.4 is 5.56 Å². The summed E-state index contributed by atoms with van der Waals surface area (Å²) in [5.74, 6) is -6.91. The normalized spacial score (nSPS) is 19.7. The Kier molecular flexibility index (Phi) is 4.95. The molecule has 0 aliphatic heterocycles. The number of methoxy groups -OCH3 is 1. The molecule has 39 heavy (non-hydrogen) atoms. The number of pyridine rings is 1. The van der Waals surface area contributed by atoms with E-state index in [1.807, 2.05) is 0 Å². The van der Waals surface area contributed by atoms with Crippen LogP contribution in [0.2, 0.25) is 0 Å². The molecule has 0 saturated heterocycles. The molecule has 13 heteroatoms. The fraction of sp³-hybridized carbons (Fsp3) is 0.154. The first-order valence-corrected chi connectivity index (χ1v) is 12.1. The zero-order valence-electron chi connectivity index (χ0n) is 19.7. The summed E-state index contributed by atoms with van der Waals surface area (Å²) >= 11 is 3.40. The van der Waals surface area contributed by atoms with Crippen LogP contribution in [0.3, 0.4) is 0 Å². The molecule has 0 amide bonds. The summed E-state index contributed by atoms with van der Waals surface area (Å²) in [7, 11) is 1.12. The van der Waals surface area contributed by atoms with Gasteiger partial charge in [0.25, 0.3) is 5.56 Å². The summed E-state index contributed by atoms with van der Waals surface area (Å²) in [4.78, 5) is 69.0. The van der Waals surface area contributed by atoms with Gasteiger partial charge in [0.15, 0.2) is 23.1 Å². The van der Waals surface area contributed by atoms with Crippen LogP contribution in [0.25, 0.3) is 10.8 Å². The van der Waals surface area contributed by atoms with Gasteiger partial charge in [0, 0.05) is 21.5 Å². The Morgan fingerprint density at radius 3 is 2.26 bits per heavy atom. The van der Waals surface area contributed by atoms with E-state index in [0.717, 1.165) is 19.4 Å². The monoisotopic (exact) mass is 594 g/mol. The number of carbonyl (C=O) groups excluding carboxylic acids is 4. The van der Waals surface area contributed by atoms with Gasteiger partial charge in [-0.05, 0) is 40.4 Å². The lowest BCUT2D eigenvalue weighted by Gasteiger charge is -2.23. The Bertz CT molecular complexity index is 1900. The first kappa shape index (κ1) is 24.6. The van der Waals surface area contributed by atoms with Crippen molar-refractivity contribution in [1.82, 2.24) is 4.98 Å². The summed E-state index contributed by atoms with van der Waals surface area (Å²) in [6, 6.07) is 1.42. The molecule has 0 bridgehead atoms. The molecule has 1 aromatic heterocycles. The molecule has 0 fully saturated rings. The number of nitrogens with zero attached hydrogens (tertiary/aromatic N) is 1. The Labute approximate surface area is 225 Å². The zero-order valence-corrected chi connectivity index (χ0v) is 21.3. The number of aromatic amines is 1. The van der Waals surface area contributed by atoms with E-state index in [-0.39, 0.29) is 34.9 Å². The number of hydrogen-bond acceptors (Lipinski definition) is 11. The number of Topliss-reactive ketones (excluding diaryl/α,β-unsaturated/α-hetero) is 3. The molecule has 1 spiro atoms. The number of fused-ring (bicyclic) bond motifs is 5. The SMILES string of the molecule is COC1=CC(=O)c2c(O)c3c(c(O)c2C1=O)C(=O)[C@]1(CCc2c1c(O)c1c(=O)[nH]c(C=NO)cc1c2Br)C3=O. The fourth-order valence-electron chi connectivity index (χ4n) is 5.93. The van der Waals surface area contributed by atoms with Gasteiger partial charge in [-0.25, -0.2) is 0 Å². The van der Waals surface area contributed by atoms with Gasteiger partial charge in [0.05, 0.1) is 46.7 Å². The predicted octanol–water partition coefficient (Wildman–Crippen LogP) is 2.39. The van der Waals surface area contributed by atoms with Gasteiger partial charge in [-0.3, -0.25) is 24.0 Å². The number of benzene rings is 2. The highest BCUT2D eigenvalue weighted by molar-refractivity contribution is 9.10. The first-order valence-electron chi connectivity index (χ1n) is 11.4. The van der Waals surface area contributed by atoms with Gasteiger partial charge < -0.3 is 30.2 Å². The van der Waals surface area contributed by atoms with Crippen molar-refractivity contribution in [3.63, 3.8) is 0 Å². The van der Waals surface area contributed by atoms with Crippen LogP contribution >= 0.6 is 15.9 Å². The molecule has 0 saturated carbocycles. The zero-order chi connectivity index (χ0) is 28.1. The minimum Gasteiger partial charge on any atom is -0.507 e. The highest BCUT2D eigenvalue weighted by atomic mass is 79.9. The van der Waals surface area contributed by atoms with Gasteiger partial charge in [0.2, 0.25) is 5.78 Å². The number of carbonyl (C=O) groups is 4. The number of phenolic OH excluding ortho intramolecular Hbond substituents is 3. The molecule has 0 radical (unpaired) electrons. The van der Waals surface area contributed by atoms with Crippen LogP contribution in [0, 0.1) is 0 Å². The topological polar surface area (TPSA) is 204 Å². The molecule has 0 unspecified atom stereocenters. The standard InChI is InChI=1S/C26H15BrN2O10/c1-39-11-5-10(30)13-14(19(11)31)21(33)16-15(20(13)32)23(35)26(24(16)36)3-2-8-17(26)22(34)12-9(18(8)27)4-7(6-28-38)29-25(12)37/h4-6,32-34,38H,2-3H2,1H3,(H,29,37)/t26-/m0/s1. The molecule has 3 aromatic rings. The number of ketones is 4. The number of rotatable bonds is 2. The van der Waals surface area contributed by atoms with E-state index in [1.54, 1.807) is 0 Å². The maximum absolute atomic E-state index is 14.0. The van der Waals surface area contributed by atoms with Crippen LogP contribution in [0.4, 0.5) is 0 Å². The van der Waals surface area contributed by atoms with Crippen molar-refractivity contribution in [1.29, 1.82) is 0 Å². The highest BCUT2D eigenvalue weighted by Crippen LogP contribution is 2.58. The second kappa shape index (κ2) is 7.86. The van der Waals surface area contributed by atoms with Gasteiger partial charge in [0.1, 0.15) is 22.7 Å². The Morgan fingerprint density at radius 1 is 1.00 bits per heavy atom. The third kappa shape index (κ3) is 2.76. The minimum atomic E-state index is -2.15. The molecular weight excluding hydrogens is 580 g/mol. The third-order valence-electron chi connectivity index (χ3n) is 7.56. The number of allylic oxidation sites excluding steroid dienone is 2. The molecule has 196 valence electrons. The van der Waals surface area contributed by atoms with E-state index in [0.29, 0.717) is 10.0 Å². The van der Waals surface area contributed by atoms with Crippen LogP contribution in [0.1, 0.15) is 64.7 Å². The summed E-state index contributed by atoms with van der Waals surface area (Å²) in [6.07, 6.45) is 1.64. The fourth-order valence-corrected chi connectivity index (χ4v) is 6.64. The van der Waals surface area contributed by atoms with E-state index in [2.05, 4.69) is 26.1 Å². The number of aromatic nitrogens is 1. The van der Waals surface area contributed by atoms with Crippen molar-refractivity contribution in [2.45, 2.75) is 18.3 Å². The van der Waals surface area contributed by atoms with E-state index in [9.17, 15) is 39.3 Å². The second-order valence-electron chi connectivity index (χ2n) is 9.27. The second-order valence-corrected chi connectivity index (χ2v) is 10.1. The molecule has 5 N–H and O–H groups in total. The smallest absolute Gasteiger partial charge is 0.260 e. The average molecular weight is 595 g/mol. The number of ether oxygens (including phenoxy) is 1. The van der Waals surface area contributed by atoms with Gasteiger partial charge in [-0.1, -0.05) is 5.16 Å². The Hall–Kier alpha value is -4.78. The van der Waals surface area contributed by atoms with Crippen LogP contribution in [0.5, 0.6) is 17.2 Å². The van der Waals surface area contributed by atoms with Crippen molar-refractivity contribution in [3.8, 4) is 17.2 Å². The molecule has 12 nitrogen and oxygen atoms in total. The van der Waals surface area contributed by atoms with E-state index < -0.39 is 79.4 Å². The number of aromatic hydroxyl groups is 3. The summed E-state index contributed by atoms with van der Waals surface area (Å²) in [5, 5.41) is 45.2. The van der Waals surface area contributed by atoms with Crippen LogP contribution in [-0.4, -0.2) is 62.0 Å². The number of halogens is 1. The Morgan fingerprint density at radius 2 is 1.64 bits per heavy atom. The van der Waals surface area contributed by atoms with E-state index >= 15 is 0 Å². The van der Waals surface area contributed by atoms with Gasteiger partial charge in [-0.2, -0.15) is 0 Å². The van der Waals surface area contributed by atoms with Crippen LogP contribution in [0.15, 0.2) is 32.3 Å². The van der Waals surface area contributed by atoms with Crippen molar-refractivity contribution >= 4 is 56.0 Å². The molecule has 3 aliphatic rings. The lowest BCUT2D eigenvalue weighted by atomic mass is 9.76. The third-order valence-corrected chi connectivity index (χ3v) is 8.47. The quantitative estimate of drug-likeness (QED) is 0.0962. The van der Waals surface area contributed by atoms with Gasteiger partial charge in [-0.15, -0.1) is 0 Å². The maximum atomic E-state index is 14.0. The van der Waals surface area contributed by atoms with Crippen molar-refractivity contribution in [3.05, 3.63) is 71.8 Å². The number of oxime groups is 1. The van der Waals surface area contributed by atoms with Gasteiger partial charge >= 0.3 is 0 Å². The van der Waals surface area contributed by atoms with Crippen LogP contribution in [-0.2, 0) is 16.6 Å². The number of nitrogens with one attached hydrogen (secondary N) is 1.